The van der Waals surface area contributed by atoms with E-state index in [0.717, 1.165) is 13.0 Å². The lowest BCUT2D eigenvalue weighted by Gasteiger charge is -2.09. The summed E-state index contributed by atoms with van der Waals surface area (Å²) in [5, 5.41) is 24.6. The lowest BCUT2D eigenvalue weighted by atomic mass is 10.3. The van der Waals surface area contributed by atoms with Crippen LogP contribution in [-0.2, 0) is 6.54 Å². The average Bonchev–Trinajstić information content (AvgIpc) is 2.98. The van der Waals surface area contributed by atoms with Crippen molar-refractivity contribution >= 4 is 17.3 Å². The highest BCUT2D eigenvalue weighted by molar-refractivity contribution is 5.60. The number of nitrogens with zero attached hydrogens (tertiary/aromatic N) is 5. The van der Waals surface area contributed by atoms with Crippen molar-refractivity contribution in [3.8, 4) is 0 Å². The Morgan fingerprint density at radius 3 is 2.86 bits per heavy atom. The summed E-state index contributed by atoms with van der Waals surface area (Å²) in [6.07, 6.45) is 4.26. The number of hydrogen-bond acceptors (Lipinski definition) is 7. The fourth-order valence-corrected chi connectivity index (χ4v) is 1.72. The number of aromatic nitrogens is 4. The summed E-state index contributed by atoms with van der Waals surface area (Å²) >= 11 is 0. The van der Waals surface area contributed by atoms with Gasteiger partial charge in [0, 0.05) is 25.4 Å². The molecule has 0 aliphatic heterocycles. The van der Waals surface area contributed by atoms with Gasteiger partial charge in [-0.05, 0) is 12.5 Å². The van der Waals surface area contributed by atoms with Crippen LogP contribution in [0.5, 0.6) is 0 Å². The van der Waals surface area contributed by atoms with E-state index in [4.69, 9.17) is 0 Å². The van der Waals surface area contributed by atoms with Crippen LogP contribution in [0.25, 0.3) is 0 Å². The summed E-state index contributed by atoms with van der Waals surface area (Å²) < 4.78 is 1.64. The summed E-state index contributed by atoms with van der Waals surface area (Å²) in [6.45, 7) is 3.82. The van der Waals surface area contributed by atoms with Crippen LogP contribution < -0.4 is 10.6 Å². The number of nitrogens with one attached hydrogen (secondary N) is 2. The SMILES string of the molecule is CCCNc1ccc([N+](=O)[O-])c(NCCn2ccnn2)n1. The molecule has 0 aliphatic rings. The highest BCUT2D eigenvalue weighted by atomic mass is 16.6. The number of hydrogen-bond donors (Lipinski definition) is 2. The van der Waals surface area contributed by atoms with E-state index in [1.807, 2.05) is 6.92 Å². The van der Waals surface area contributed by atoms with Crippen molar-refractivity contribution in [3.63, 3.8) is 0 Å². The number of anilines is 2. The summed E-state index contributed by atoms with van der Waals surface area (Å²) in [6, 6.07) is 3.05. The van der Waals surface area contributed by atoms with E-state index >= 15 is 0 Å². The van der Waals surface area contributed by atoms with Gasteiger partial charge in [0.15, 0.2) is 0 Å². The molecule has 2 rings (SSSR count). The second-order valence-corrected chi connectivity index (χ2v) is 4.34. The Morgan fingerprint density at radius 1 is 1.33 bits per heavy atom. The van der Waals surface area contributed by atoms with Crippen LogP contribution in [0.1, 0.15) is 13.3 Å². The first kappa shape index (κ1) is 14.7. The normalized spacial score (nSPS) is 10.3. The third-order valence-electron chi connectivity index (χ3n) is 2.73. The summed E-state index contributed by atoms with van der Waals surface area (Å²) in [7, 11) is 0. The van der Waals surface area contributed by atoms with Gasteiger partial charge in [-0.2, -0.15) is 0 Å². The van der Waals surface area contributed by atoms with E-state index in [9.17, 15) is 10.1 Å². The second-order valence-electron chi connectivity index (χ2n) is 4.34. The van der Waals surface area contributed by atoms with Crippen molar-refractivity contribution in [2.45, 2.75) is 19.9 Å². The Bertz CT molecular complexity index is 585. The zero-order chi connectivity index (χ0) is 15.1. The number of nitro groups is 1. The lowest BCUT2D eigenvalue weighted by Crippen LogP contribution is -2.14. The van der Waals surface area contributed by atoms with Gasteiger partial charge in [0.1, 0.15) is 5.82 Å². The minimum Gasteiger partial charge on any atom is -0.370 e. The molecule has 9 heteroatoms. The first-order chi connectivity index (χ1) is 10.2. The highest BCUT2D eigenvalue weighted by Gasteiger charge is 2.15. The highest BCUT2D eigenvalue weighted by Crippen LogP contribution is 2.23. The maximum atomic E-state index is 11.0. The molecule has 0 unspecified atom stereocenters. The molecule has 0 aromatic carbocycles. The largest absolute Gasteiger partial charge is 0.370 e. The molecule has 2 heterocycles. The van der Waals surface area contributed by atoms with E-state index in [1.165, 1.54) is 6.07 Å². The molecule has 0 amide bonds. The molecule has 21 heavy (non-hydrogen) atoms. The Hall–Kier alpha value is -2.71. The third-order valence-corrected chi connectivity index (χ3v) is 2.73. The molecule has 112 valence electrons. The van der Waals surface area contributed by atoms with Gasteiger partial charge in [0.25, 0.3) is 0 Å². The molecule has 0 aliphatic carbocycles. The molecular weight excluding hydrogens is 274 g/mol. The van der Waals surface area contributed by atoms with Crippen molar-refractivity contribution in [2.24, 2.45) is 0 Å². The van der Waals surface area contributed by atoms with Gasteiger partial charge in [0.2, 0.25) is 5.82 Å². The van der Waals surface area contributed by atoms with Gasteiger partial charge in [-0.1, -0.05) is 12.1 Å². The van der Waals surface area contributed by atoms with Crippen molar-refractivity contribution in [1.29, 1.82) is 0 Å². The smallest absolute Gasteiger partial charge is 0.311 e. The molecular formula is C12H17N7O2. The van der Waals surface area contributed by atoms with E-state index in [-0.39, 0.29) is 11.5 Å². The van der Waals surface area contributed by atoms with Gasteiger partial charge in [0.05, 0.1) is 17.7 Å². The van der Waals surface area contributed by atoms with E-state index < -0.39 is 4.92 Å². The monoisotopic (exact) mass is 291 g/mol. The first-order valence-electron chi connectivity index (χ1n) is 6.68. The summed E-state index contributed by atoms with van der Waals surface area (Å²) in [5.41, 5.74) is -0.0457. The number of rotatable bonds is 8. The van der Waals surface area contributed by atoms with Crippen molar-refractivity contribution in [2.75, 3.05) is 23.7 Å². The van der Waals surface area contributed by atoms with Crippen LogP contribution in [0.4, 0.5) is 17.3 Å². The molecule has 0 saturated carbocycles. The van der Waals surface area contributed by atoms with Crippen LogP contribution in [0.3, 0.4) is 0 Å². The maximum absolute atomic E-state index is 11.0. The molecule has 0 radical (unpaired) electrons. The van der Waals surface area contributed by atoms with Crippen molar-refractivity contribution in [3.05, 3.63) is 34.6 Å². The summed E-state index contributed by atoms with van der Waals surface area (Å²) in [5.74, 6) is 0.868. The van der Waals surface area contributed by atoms with Crippen LogP contribution in [0, 0.1) is 10.1 Å². The average molecular weight is 291 g/mol. The Balaban J connectivity index is 2.04. The van der Waals surface area contributed by atoms with Gasteiger partial charge < -0.3 is 10.6 Å². The topological polar surface area (TPSA) is 111 Å². The molecule has 2 aromatic heterocycles. The second kappa shape index (κ2) is 7.17. The minimum atomic E-state index is -0.450. The lowest BCUT2D eigenvalue weighted by molar-refractivity contribution is -0.384. The van der Waals surface area contributed by atoms with E-state index in [1.54, 1.807) is 23.1 Å². The quantitative estimate of drug-likeness (QED) is 0.560. The molecule has 0 spiro atoms. The van der Waals surface area contributed by atoms with Crippen molar-refractivity contribution < 1.29 is 4.92 Å². The molecule has 0 bridgehead atoms. The zero-order valence-electron chi connectivity index (χ0n) is 11.7. The molecule has 2 N–H and O–H groups in total. The molecule has 0 atom stereocenters. The van der Waals surface area contributed by atoms with Gasteiger partial charge in [-0.3, -0.25) is 14.8 Å². The van der Waals surface area contributed by atoms with Gasteiger partial charge in [-0.15, -0.1) is 5.10 Å². The Morgan fingerprint density at radius 2 is 2.19 bits per heavy atom. The maximum Gasteiger partial charge on any atom is 0.311 e. The summed E-state index contributed by atoms with van der Waals surface area (Å²) in [4.78, 5) is 14.8. The Kier molecular flexibility index (Phi) is 5.02. The van der Waals surface area contributed by atoms with E-state index in [0.29, 0.717) is 18.9 Å². The van der Waals surface area contributed by atoms with Gasteiger partial charge >= 0.3 is 5.69 Å². The fraction of sp³-hybridized carbons (Fsp3) is 0.417. The van der Waals surface area contributed by atoms with Crippen molar-refractivity contribution in [1.82, 2.24) is 20.0 Å². The Labute approximate surface area is 121 Å². The standard InChI is InChI=1S/C12H17N7O2/c1-2-5-13-11-4-3-10(19(20)21)12(16-11)14-6-8-18-9-7-15-17-18/h3-4,7,9H,2,5-6,8H2,1H3,(H2,13,14,16). The predicted molar refractivity (Wildman–Crippen MR) is 78.2 cm³/mol. The predicted octanol–water partition coefficient (Wildman–Crippen LogP) is 1.52. The molecule has 0 saturated heterocycles. The fourth-order valence-electron chi connectivity index (χ4n) is 1.72. The molecule has 9 nitrogen and oxygen atoms in total. The third kappa shape index (κ3) is 4.13. The number of pyridine rings is 1. The van der Waals surface area contributed by atoms with Crippen LogP contribution in [0.2, 0.25) is 0 Å². The molecule has 0 fully saturated rings. The van der Waals surface area contributed by atoms with Crippen LogP contribution >= 0.6 is 0 Å². The van der Waals surface area contributed by atoms with Gasteiger partial charge in [-0.25, -0.2) is 4.98 Å². The first-order valence-corrected chi connectivity index (χ1v) is 6.68. The zero-order valence-corrected chi connectivity index (χ0v) is 11.7. The minimum absolute atomic E-state index is 0.0457. The van der Waals surface area contributed by atoms with Crippen LogP contribution in [-0.4, -0.2) is 38.0 Å². The van der Waals surface area contributed by atoms with E-state index in [2.05, 4.69) is 25.9 Å². The molecule has 2 aromatic rings. The van der Waals surface area contributed by atoms with Crippen LogP contribution in [0.15, 0.2) is 24.5 Å².